The van der Waals surface area contributed by atoms with Gasteiger partial charge in [0.15, 0.2) is 11.5 Å². The Hall–Kier alpha value is -4.13. The molecule has 0 spiro atoms. The molecule has 4 aromatic rings. The fourth-order valence-corrected chi connectivity index (χ4v) is 3.51. The minimum absolute atomic E-state index is 0.0921. The van der Waals surface area contributed by atoms with E-state index in [1.165, 1.54) is 12.7 Å². The van der Waals surface area contributed by atoms with Gasteiger partial charge in [0, 0.05) is 37.2 Å². The molecule has 0 fully saturated rings. The zero-order valence-electron chi connectivity index (χ0n) is 18.9. The molecule has 2 aromatic carbocycles. The van der Waals surface area contributed by atoms with Gasteiger partial charge in [0.25, 0.3) is 0 Å². The Morgan fingerprint density at radius 1 is 1.03 bits per heavy atom. The lowest BCUT2D eigenvalue weighted by atomic mass is 10.1. The number of aromatic hydroxyl groups is 1. The van der Waals surface area contributed by atoms with Crippen molar-refractivity contribution >= 4 is 11.5 Å². The van der Waals surface area contributed by atoms with Crippen LogP contribution in [0.3, 0.4) is 0 Å². The van der Waals surface area contributed by atoms with Crippen LogP contribution in [-0.4, -0.2) is 34.2 Å². The summed E-state index contributed by atoms with van der Waals surface area (Å²) < 4.78 is 5.22. The summed E-state index contributed by atoms with van der Waals surface area (Å²) in [7, 11) is 3.53. The second-order valence-corrected chi connectivity index (χ2v) is 7.77. The predicted molar refractivity (Wildman–Crippen MR) is 131 cm³/mol. The molecule has 33 heavy (non-hydrogen) atoms. The van der Waals surface area contributed by atoms with E-state index in [0.29, 0.717) is 11.4 Å². The number of rotatable bonds is 8. The van der Waals surface area contributed by atoms with Gasteiger partial charge in [-0.15, -0.1) is 0 Å². The van der Waals surface area contributed by atoms with Crippen LogP contribution in [-0.2, 0) is 6.54 Å². The van der Waals surface area contributed by atoms with E-state index >= 15 is 0 Å². The zero-order chi connectivity index (χ0) is 23.2. The Morgan fingerprint density at radius 3 is 2.58 bits per heavy atom. The Balaban J connectivity index is 1.46. The maximum absolute atomic E-state index is 9.86. The molecule has 2 N–H and O–H groups in total. The highest BCUT2D eigenvalue weighted by atomic mass is 16.5. The molecule has 168 valence electrons. The number of nitrogens with zero attached hydrogens (tertiary/aromatic N) is 4. The monoisotopic (exact) mass is 441 g/mol. The molecule has 0 aliphatic heterocycles. The van der Waals surface area contributed by atoms with Crippen LogP contribution in [0.5, 0.6) is 11.5 Å². The van der Waals surface area contributed by atoms with Gasteiger partial charge in [0.2, 0.25) is 0 Å². The van der Waals surface area contributed by atoms with Gasteiger partial charge < -0.3 is 20.1 Å². The molecule has 1 atom stereocenters. The number of aromatic nitrogens is 3. The molecule has 0 radical (unpaired) electrons. The third-order valence-corrected chi connectivity index (χ3v) is 5.65. The van der Waals surface area contributed by atoms with Gasteiger partial charge in [-0.05, 0) is 54.4 Å². The number of anilines is 2. The third-order valence-electron chi connectivity index (χ3n) is 5.65. The van der Waals surface area contributed by atoms with E-state index in [2.05, 4.69) is 57.4 Å². The van der Waals surface area contributed by atoms with Crippen LogP contribution in [0.25, 0.3) is 11.3 Å². The smallest absolute Gasteiger partial charge is 0.161 e. The molecule has 0 aliphatic carbocycles. The fraction of sp³-hybridized carbons (Fsp3) is 0.192. The van der Waals surface area contributed by atoms with Gasteiger partial charge in [-0.25, -0.2) is 4.98 Å². The van der Waals surface area contributed by atoms with E-state index < -0.39 is 0 Å². The van der Waals surface area contributed by atoms with Crippen molar-refractivity contribution in [2.75, 3.05) is 24.4 Å². The number of phenols is 1. The highest BCUT2D eigenvalue weighted by Crippen LogP contribution is 2.32. The zero-order valence-corrected chi connectivity index (χ0v) is 18.9. The number of nitrogens with one attached hydrogen (secondary N) is 1. The van der Waals surface area contributed by atoms with E-state index in [1.54, 1.807) is 36.8 Å². The van der Waals surface area contributed by atoms with Crippen molar-refractivity contribution in [3.05, 3.63) is 90.5 Å². The number of methoxy groups -OCH3 is 1. The van der Waals surface area contributed by atoms with Gasteiger partial charge in [-0.1, -0.05) is 18.2 Å². The van der Waals surface area contributed by atoms with Gasteiger partial charge in [0.1, 0.15) is 5.82 Å². The summed E-state index contributed by atoms with van der Waals surface area (Å²) in [6.07, 6.45) is 7.09. The number of benzene rings is 2. The van der Waals surface area contributed by atoms with Gasteiger partial charge in [-0.3, -0.25) is 9.97 Å². The number of pyridine rings is 1. The van der Waals surface area contributed by atoms with Gasteiger partial charge in [0.05, 0.1) is 31.2 Å². The molecule has 7 nitrogen and oxygen atoms in total. The number of hydrogen-bond acceptors (Lipinski definition) is 7. The largest absolute Gasteiger partial charge is 0.504 e. The van der Waals surface area contributed by atoms with Crippen LogP contribution >= 0.6 is 0 Å². The van der Waals surface area contributed by atoms with E-state index in [-0.39, 0.29) is 11.8 Å². The number of phenolic OH excluding ortho intramolecular Hbond substituents is 1. The highest BCUT2D eigenvalue weighted by molar-refractivity contribution is 5.64. The molecule has 7 heteroatoms. The van der Waals surface area contributed by atoms with Crippen molar-refractivity contribution in [1.82, 2.24) is 15.0 Å². The molecule has 2 heterocycles. The Labute approximate surface area is 193 Å². The molecule has 2 aromatic heterocycles. The lowest BCUT2D eigenvalue weighted by Gasteiger charge is -2.26. The maximum Gasteiger partial charge on any atom is 0.161 e. The molecule has 0 unspecified atom stereocenters. The Bertz CT molecular complexity index is 1200. The van der Waals surface area contributed by atoms with Crippen LogP contribution in [0.4, 0.5) is 11.5 Å². The summed E-state index contributed by atoms with van der Waals surface area (Å²) in [4.78, 5) is 15.4. The van der Waals surface area contributed by atoms with Crippen molar-refractivity contribution < 1.29 is 9.84 Å². The Kier molecular flexibility index (Phi) is 6.69. The summed E-state index contributed by atoms with van der Waals surface area (Å²) in [5, 5.41) is 13.3. The molecule has 0 aliphatic rings. The number of hydrogen-bond donors (Lipinski definition) is 2. The predicted octanol–water partition coefficient (Wildman–Crippen LogP) is 5.06. The van der Waals surface area contributed by atoms with Crippen LogP contribution in [0.2, 0.25) is 0 Å². The van der Waals surface area contributed by atoms with E-state index in [0.717, 1.165) is 29.2 Å². The minimum atomic E-state index is 0.0921. The van der Waals surface area contributed by atoms with Crippen molar-refractivity contribution in [3.63, 3.8) is 0 Å². The molecular formula is C26H27N5O2. The van der Waals surface area contributed by atoms with Crippen molar-refractivity contribution in [3.8, 4) is 22.8 Å². The molecule has 0 saturated carbocycles. The average Bonchev–Trinajstić information content (AvgIpc) is 2.88. The van der Waals surface area contributed by atoms with Crippen molar-refractivity contribution in [2.24, 2.45) is 0 Å². The highest BCUT2D eigenvalue weighted by Gasteiger charge is 2.15. The summed E-state index contributed by atoms with van der Waals surface area (Å²) in [5.74, 6) is 1.25. The van der Waals surface area contributed by atoms with Crippen LogP contribution < -0.4 is 15.0 Å². The first-order chi connectivity index (χ1) is 16.0. The van der Waals surface area contributed by atoms with Crippen LogP contribution in [0, 0.1) is 0 Å². The van der Waals surface area contributed by atoms with E-state index in [1.807, 2.05) is 19.3 Å². The van der Waals surface area contributed by atoms with E-state index in [4.69, 9.17) is 9.72 Å². The molecule has 0 amide bonds. The topological polar surface area (TPSA) is 83.4 Å². The lowest BCUT2D eigenvalue weighted by Crippen LogP contribution is -2.23. The second-order valence-electron chi connectivity index (χ2n) is 7.77. The summed E-state index contributed by atoms with van der Waals surface area (Å²) in [6, 6.07) is 17.6. The SMILES string of the molecule is COc1cc(-c2cncc(N(C)[C@H](C)c3ccc(NCc4cccnc4)cc3)n2)ccc1O. The average molecular weight is 442 g/mol. The normalized spacial score (nSPS) is 11.6. The summed E-state index contributed by atoms with van der Waals surface area (Å²) >= 11 is 0. The first-order valence-corrected chi connectivity index (χ1v) is 10.7. The van der Waals surface area contributed by atoms with Crippen LogP contribution in [0.1, 0.15) is 24.1 Å². The molecule has 0 bridgehead atoms. The first kappa shape index (κ1) is 22.1. The van der Waals surface area contributed by atoms with Gasteiger partial charge in [-0.2, -0.15) is 0 Å². The molecule has 4 rings (SSSR count). The van der Waals surface area contributed by atoms with Crippen LogP contribution in [0.15, 0.2) is 79.4 Å². The molecule has 0 saturated heterocycles. The second kappa shape index (κ2) is 9.99. The van der Waals surface area contributed by atoms with Crippen molar-refractivity contribution in [1.29, 1.82) is 0 Å². The minimum Gasteiger partial charge on any atom is -0.504 e. The summed E-state index contributed by atoms with van der Waals surface area (Å²) in [5.41, 5.74) is 4.90. The standard InChI is InChI=1S/C26H27N5O2/c1-18(20-6-9-22(10-7-20)29-15-19-5-4-12-27-14-19)31(2)26-17-28-16-23(30-26)21-8-11-24(32)25(13-21)33-3/h4-14,16-18,29,32H,15H2,1-3H3/t18-/m1/s1. The Morgan fingerprint density at radius 2 is 1.85 bits per heavy atom. The quantitative estimate of drug-likeness (QED) is 0.395. The number of ether oxygens (including phenoxy) is 1. The summed E-state index contributed by atoms with van der Waals surface area (Å²) in [6.45, 7) is 2.86. The van der Waals surface area contributed by atoms with E-state index in [9.17, 15) is 5.11 Å². The lowest BCUT2D eigenvalue weighted by molar-refractivity contribution is 0.373. The fourth-order valence-electron chi connectivity index (χ4n) is 3.51. The molecular weight excluding hydrogens is 414 g/mol. The van der Waals surface area contributed by atoms with Gasteiger partial charge >= 0.3 is 0 Å². The van der Waals surface area contributed by atoms with Crippen molar-refractivity contribution in [2.45, 2.75) is 19.5 Å². The first-order valence-electron chi connectivity index (χ1n) is 10.7. The maximum atomic E-state index is 9.86. The third kappa shape index (κ3) is 5.20.